The van der Waals surface area contributed by atoms with Crippen molar-refractivity contribution in [2.45, 2.75) is 64.1 Å². The van der Waals surface area contributed by atoms with Gasteiger partial charge in [0.15, 0.2) is 0 Å². The van der Waals surface area contributed by atoms with Gasteiger partial charge >= 0.3 is 0 Å². The zero-order chi connectivity index (χ0) is 31.5. The Morgan fingerprint density at radius 3 is 2.26 bits per heavy atom. The van der Waals surface area contributed by atoms with Crippen LogP contribution in [0.3, 0.4) is 0 Å². The topological polar surface area (TPSA) is 76.6 Å². The normalized spacial score (nSPS) is 20.3. The lowest BCUT2D eigenvalue weighted by molar-refractivity contribution is -0.138. The molecule has 3 atom stereocenters. The van der Waals surface area contributed by atoms with Crippen LogP contribution in [-0.4, -0.2) is 63.6 Å². The molecule has 7 nitrogen and oxygen atoms in total. The number of rotatable bonds is 10. The molecule has 7 heteroatoms. The minimum Gasteiger partial charge on any atom is -0.340 e. The van der Waals surface area contributed by atoms with Gasteiger partial charge in [0.1, 0.15) is 11.9 Å². The highest BCUT2D eigenvalue weighted by Gasteiger charge is 2.38. The van der Waals surface area contributed by atoms with Crippen molar-refractivity contribution in [3.8, 4) is 22.4 Å². The number of carbonyl (C=O) groups excluding carboxylic acids is 1. The maximum atomic E-state index is 14.1. The third kappa shape index (κ3) is 6.09. The number of allylic oxidation sites excluding steroid dienone is 1. The van der Waals surface area contributed by atoms with Crippen LogP contribution < -0.4 is 5.32 Å². The Kier molecular flexibility index (Phi) is 8.95. The Balaban J connectivity index is 1.03. The molecule has 0 radical (unpaired) electrons. The number of aromatic amines is 1. The van der Waals surface area contributed by atoms with E-state index in [1.54, 1.807) is 0 Å². The summed E-state index contributed by atoms with van der Waals surface area (Å²) in [6.07, 6.45) is 9.21. The third-order valence-electron chi connectivity index (χ3n) is 9.98. The minimum absolute atomic E-state index is 0.0494. The summed E-state index contributed by atoms with van der Waals surface area (Å²) >= 11 is 0. The van der Waals surface area contributed by atoms with Gasteiger partial charge in [-0.2, -0.15) is 0 Å². The number of H-pyrrole nitrogens is 1. The molecule has 3 aliphatic rings. The Morgan fingerprint density at radius 2 is 1.59 bits per heavy atom. The summed E-state index contributed by atoms with van der Waals surface area (Å²) in [6.45, 7) is 7.73. The molecular formula is C39H44N6O. The number of likely N-dealkylation sites (tertiary alicyclic amines) is 1. The van der Waals surface area contributed by atoms with Crippen LogP contribution in [0.15, 0.2) is 96.3 Å². The monoisotopic (exact) mass is 612 g/mol. The number of likely N-dealkylation sites (N-methyl/N-ethyl adjacent to an activating group) is 1. The first-order chi connectivity index (χ1) is 22.6. The van der Waals surface area contributed by atoms with E-state index in [0.717, 1.165) is 68.1 Å². The Labute approximate surface area is 272 Å². The Hall–Kier alpha value is -4.33. The second-order valence-electron chi connectivity index (χ2n) is 12.7. The SMILES string of the molecule is CCN(CC)[C@@H](C(=O)N1CCC[C@H]1c1ncc(-c2ccc(-c3ccc(C4=CN=C([C@@H]5CCCN5)C4)cc3)cc2)[nH]1)c1ccccc1. The van der Waals surface area contributed by atoms with Crippen molar-refractivity contribution in [3.63, 3.8) is 0 Å². The lowest BCUT2D eigenvalue weighted by Crippen LogP contribution is -2.43. The average molecular weight is 613 g/mol. The Bertz CT molecular complexity index is 1700. The Morgan fingerprint density at radius 1 is 0.891 bits per heavy atom. The van der Waals surface area contributed by atoms with E-state index in [2.05, 4.69) is 89.7 Å². The molecule has 7 rings (SSSR count). The van der Waals surface area contributed by atoms with Crippen LogP contribution in [0.1, 0.15) is 75.0 Å². The highest BCUT2D eigenvalue weighted by molar-refractivity contribution is 6.01. The van der Waals surface area contributed by atoms with Crippen molar-refractivity contribution in [2.24, 2.45) is 4.99 Å². The first-order valence-corrected chi connectivity index (χ1v) is 17.0. The van der Waals surface area contributed by atoms with Crippen molar-refractivity contribution >= 4 is 17.2 Å². The molecule has 0 bridgehead atoms. The van der Waals surface area contributed by atoms with Crippen LogP contribution in [-0.2, 0) is 4.79 Å². The molecule has 3 aromatic carbocycles. The van der Waals surface area contributed by atoms with Crippen molar-refractivity contribution < 1.29 is 4.79 Å². The number of aliphatic imine (C=N–C) groups is 1. The van der Waals surface area contributed by atoms with Gasteiger partial charge in [-0.05, 0) is 78.7 Å². The standard InChI is InChI=1S/C39H44N6O/c1-3-44(4-2)37(31-10-6-5-7-11-31)39(46)45-23-9-13-36(45)38-42-26-35(43-38)30-20-18-28(19-21-30)27-14-16-29(17-15-27)32-24-34(41-25-32)33-12-8-22-40-33/h5-7,10-11,14-21,25-26,33,36-37,40H,3-4,8-9,12-13,22-24H2,1-2H3,(H,42,43)/t33-,36-,37+/m0/s1. The van der Waals surface area contributed by atoms with E-state index in [1.807, 2.05) is 35.5 Å². The van der Waals surface area contributed by atoms with E-state index in [0.29, 0.717) is 6.04 Å². The number of aromatic nitrogens is 2. The van der Waals surface area contributed by atoms with Gasteiger partial charge in [0.25, 0.3) is 0 Å². The van der Waals surface area contributed by atoms with Crippen LogP contribution in [0.2, 0.25) is 0 Å². The maximum absolute atomic E-state index is 14.1. The van der Waals surface area contributed by atoms with Gasteiger partial charge in [0.2, 0.25) is 5.91 Å². The van der Waals surface area contributed by atoms with Gasteiger partial charge < -0.3 is 15.2 Å². The summed E-state index contributed by atoms with van der Waals surface area (Å²) in [5.41, 5.74) is 9.30. The molecule has 2 saturated heterocycles. The molecule has 0 spiro atoms. The fraction of sp³-hybridized carbons (Fsp3) is 0.359. The van der Waals surface area contributed by atoms with Crippen molar-refractivity contribution in [1.82, 2.24) is 25.1 Å². The van der Waals surface area contributed by atoms with Crippen LogP contribution in [0, 0.1) is 0 Å². The largest absolute Gasteiger partial charge is 0.340 e. The summed E-state index contributed by atoms with van der Waals surface area (Å²) in [6, 6.07) is 27.8. The number of nitrogens with one attached hydrogen (secondary N) is 2. The molecule has 236 valence electrons. The summed E-state index contributed by atoms with van der Waals surface area (Å²) in [5.74, 6) is 1.03. The second-order valence-corrected chi connectivity index (χ2v) is 12.7. The van der Waals surface area contributed by atoms with Gasteiger partial charge in [-0.1, -0.05) is 92.7 Å². The van der Waals surface area contributed by atoms with E-state index < -0.39 is 0 Å². The van der Waals surface area contributed by atoms with Crippen LogP contribution >= 0.6 is 0 Å². The lowest BCUT2D eigenvalue weighted by atomic mass is 9.96. The molecule has 1 aromatic heterocycles. The predicted molar refractivity (Wildman–Crippen MR) is 186 cm³/mol. The fourth-order valence-electron chi connectivity index (χ4n) is 7.38. The van der Waals surface area contributed by atoms with Crippen LogP contribution in [0.4, 0.5) is 0 Å². The first kappa shape index (κ1) is 30.3. The molecule has 0 saturated carbocycles. The number of carbonyl (C=O) groups is 1. The zero-order valence-corrected chi connectivity index (χ0v) is 27.0. The molecule has 2 N–H and O–H groups in total. The van der Waals surface area contributed by atoms with Crippen molar-refractivity contribution in [2.75, 3.05) is 26.2 Å². The number of hydrogen-bond acceptors (Lipinski definition) is 5. The number of nitrogens with zero attached hydrogens (tertiary/aromatic N) is 4. The highest BCUT2D eigenvalue weighted by Crippen LogP contribution is 2.36. The molecule has 3 aliphatic heterocycles. The van der Waals surface area contributed by atoms with E-state index in [1.165, 1.54) is 40.8 Å². The van der Waals surface area contributed by atoms with Gasteiger partial charge in [0, 0.05) is 30.9 Å². The summed E-state index contributed by atoms with van der Waals surface area (Å²) in [5, 5.41) is 3.57. The predicted octanol–water partition coefficient (Wildman–Crippen LogP) is 7.43. The fourth-order valence-corrected chi connectivity index (χ4v) is 7.38. The second kappa shape index (κ2) is 13.6. The molecule has 2 fully saturated rings. The van der Waals surface area contributed by atoms with E-state index >= 15 is 0 Å². The summed E-state index contributed by atoms with van der Waals surface area (Å²) in [7, 11) is 0. The smallest absolute Gasteiger partial charge is 0.245 e. The molecule has 46 heavy (non-hydrogen) atoms. The van der Waals surface area contributed by atoms with Gasteiger partial charge in [0.05, 0.1) is 17.9 Å². The average Bonchev–Trinajstić information content (AvgIpc) is 3.94. The van der Waals surface area contributed by atoms with Crippen LogP contribution in [0.5, 0.6) is 0 Å². The number of imidazole rings is 1. The molecule has 4 aromatic rings. The van der Waals surface area contributed by atoms with Gasteiger partial charge in [-0.15, -0.1) is 0 Å². The van der Waals surface area contributed by atoms with Crippen molar-refractivity contribution in [3.05, 3.63) is 108 Å². The molecule has 4 heterocycles. The third-order valence-corrected chi connectivity index (χ3v) is 9.98. The number of hydrogen-bond donors (Lipinski definition) is 2. The lowest BCUT2D eigenvalue weighted by Gasteiger charge is -2.34. The molecule has 0 aliphatic carbocycles. The van der Waals surface area contributed by atoms with E-state index in [4.69, 9.17) is 9.98 Å². The molecule has 0 unspecified atom stereocenters. The maximum Gasteiger partial charge on any atom is 0.245 e. The van der Waals surface area contributed by atoms with Gasteiger partial charge in [-0.25, -0.2) is 4.98 Å². The summed E-state index contributed by atoms with van der Waals surface area (Å²) in [4.78, 5) is 31.5. The number of amides is 1. The zero-order valence-electron chi connectivity index (χ0n) is 27.0. The molecular weight excluding hydrogens is 568 g/mol. The quantitative estimate of drug-likeness (QED) is 0.195. The highest BCUT2D eigenvalue weighted by atomic mass is 16.2. The van der Waals surface area contributed by atoms with Crippen LogP contribution in [0.25, 0.3) is 28.0 Å². The van der Waals surface area contributed by atoms with E-state index in [-0.39, 0.29) is 18.0 Å². The first-order valence-electron chi connectivity index (χ1n) is 17.0. The molecule has 1 amide bonds. The van der Waals surface area contributed by atoms with E-state index in [9.17, 15) is 4.79 Å². The van der Waals surface area contributed by atoms with Gasteiger partial charge in [-0.3, -0.25) is 14.7 Å². The minimum atomic E-state index is -0.289. The summed E-state index contributed by atoms with van der Waals surface area (Å²) < 4.78 is 0. The van der Waals surface area contributed by atoms with Crippen molar-refractivity contribution in [1.29, 1.82) is 0 Å². The number of benzene rings is 3.